The normalized spacial score (nSPS) is 10.8. The molecule has 2 aromatic carbocycles. The van der Waals surface area contributed by atoms with Gasteiger partial charge in [-0.25, -0.2) is 4.39 Å². The van der Waals surface area contributed by atoms with Crippen LogP contribution in [0.3, 0.4) is 0 Å². The molecule has 0 saturated heterocycles. The Morgan fingerprint density at radius 1 is 1.05 bits per heavy atom. The molecule has 0 amide bonds. The van der Waals surface area contributed by atoms with Crippen molar-refractivity contribution in [2.24, 2.45) is 0 Å². The summed E-state index contributed by atoms with van der Waals surface area (Å²) in [5, 5.41) is 0.513. The lowest BCUT2D eigenvalue weighted by atomic mass is 10.1. The first-order valence-electron chi connectivity index (χ1n) is 6.04. The molecule has 3 rings (SSSR count). The number of rotatable bonds is 1. The van der Waals surface area contributed by atoms with Gasteiger partial charge in [-0.05, 0) is 30.2 Å². The number of pyridine rings is 1. The summed E-state index contributed by atoms with van der Waals surface area (Å²) >= 11 is 0. The van der Waals surface area contributed by atoms with Crippen LogP contribution in [0, 0.1) is 12.7 Å². The van der Waals surface area contributed by atoms with Crippen molar-refractivity contribution in [2.75, 3.05) is 0 Å². The zero-order valence-electron chi connectivity index (χ0n) is 10.4. The number of benzene rings is 2. The molecule has 3 heteroatoms. The second-order valence-corrected chi connectivity index (χ2v) is 4.56. The molecule has 1 heterocycles. The Labute approximate surface area is 109 Å². The van der Waals surface area contributed by atoms with Crippen LogP contribution in [0.2, 0.25) is 0 Å². The van der Waals surface area contributed by atoms with Gasteiger partial charge in [-0.15, -0.1) is 0 Å². The van der Waals surface area contributed by atoms with E-state index in [0.717, 1.165) is 5.56 Å². The van der Waals surface area contributed by atoms with Crippen molar-refractivity contribution in [2.45, 2.75) is 6.92 Å². The fraction of sp³-hybridized carbons (Fsp3) is 0.0625. The number of aromatic amines is 1. The lowest BCUT2D eigenvalue weighted by Crippen LogP contribution is -2.04. The van der Waals surface area contributed by atoms with E-state index in [1.807, 2.05) is 30.3 Å². The van der Waals surface area contributed by atoms with E-state index in [0.29, 0.717) is 22.2 Å². The minimum atomic E-state index is -0.312. The van der Waals surface area contributed by atoms with Crippen LogP contribution >= 0.6 is 0 Å². The van der Waals surface area contributed by atoms with Crippen LogP contribution in [0.25, 0.3) is 22.2 Å². The molecule has 0 aliphatic rings. The number of halogens is 1. The van der Waals surface area contributed by atoms with Gasteiger partial charge in [0.25, 0.3) is 0 Å². The van der Waals surface area contributed by atoms with Crippen molar-refractivity contribution in [3.05, 3.63) is 70.1 Å². The van der Waals surface area contributed by atoms with Gasteiger partial charge in [-0.1, -0.05) is 30.3 Å². The summed E-state index contributed by atoms with van der Waals surface area (Å²) in [4.78, 5) is 15.2. The number of hydrogen-bond donors (Lipinski definition) is 1. The molecular formula is C16H12FNO. The smallest absolute Gasteiger partial charge is 0.190 e. The minimum Gasteiger partial charge on any atom is -0.354 e. The van der Waals surface area contributed by atoms with E-state index in [4.69, 9.17) is 0 Å². The zero-order chi connectivity index (χ0) is 13.4. The fourth-order valence-corrected chi connectivity index (χ4v) is 2.15. The van der Waals surface area contributed by atoms with Gasteiger partial charge in [0, 0.05) is 17.1 Å². The Bertz CT molecular complexity index is 806. The molecule has 0 bridgehead atoms. The summed E-state index contributed by atoms with van der Waals surface area (Å²) < 4.78 is 13.6. The van der Waals surface area contributed by atoms with Gasteiger partial charge in [-0.2, -0.15) is 0 Å². The predicted octanol–water partition coefficient (Wildman–Crippen LogP) is 3.64. The molecule has 0 unspecified atom stereocenters. The number of aromatic nitrogens is 1. The van der Waals surface area contributed by atoms with Gasteiger partial charge in [0.1, 0.15) is 5.82 Å². The molecular weight excluding hydrogens is 241 g/mol. The third-order valence-electron chi connectivity index (χ3n) is 3.19. The van der Waals surface area contributed by atoms with Crippen LogP contribution in [0.1, 0.15) is 5.56 Å². The lowest BCUT2D eigenvalue weighted by molar-refractivity contribution is 0.620. The van der Waals surface area contributed by atoms with E-state index >= 15 is 0 Å². The molecule has 19 heavy (non-hydrogen) atoms. The van der Waals surface area contributed by atoms with Gasteiger partial charge in [0.15, 0.2) is 5.43 Å². The first-order chi connectivity index (χ1) is 9.15. The van der Waals surface area contributed by atoms with Crippen molar-refractivity contribution in [1.29, 1.82) is 0 Å². The van der Waals surface area contributed by atoms with Gasteiger partial charge in [0.05, 0.1) is 5.52 Å². The maximum Gasteiger partial charge on any atom is 0.190 e. The topological polar surface area (TPSA) is 32.9 Å². The standard InChI is InChI=1S/C16H12FNO/c1-10-7-12-15(8-13(10)17)18-14(9-16(12)19)11-5-3-2-4-6-11/h2-9H,1H3,(H,18,19). The van der Waals surface area contributed by atoms with Crippen LogP contribution < -0.4 is 5.43 Å². The second kappa shape index (κ2) is 4.35. The molecule has 0 aliphatic carbocycles. The number of nitrogens with one attached hydrogen (secondary N) is 1. The van der Waals surface area contributed by atoms with Crippen molar-refractivity contribution in [3.8, 4) is 11.3 Å². The number of H-pyrrole nitrogens is 1. The summed E-state index contributed by atoms with van der Waals surface area (Å²) in [6, 6.07) is 14.0. The SMILES string of the molecule is Cc1cc2c(=O)cc(-c3ccccc3)[nH]c2cc1F. The lowest BCUT2D eigenvalue weighted by Gasteiger charge is -2.06. The monoisotopic (exact) mass is 253 g/mol. The Hall–Kier alpha value is -2.42. The van der Waals surface area contributed by atoms with E-state index in [2.05, 4.69) is 4.98 Å². The highest BCUT2D eigenvalue weighted by atomic mass is 19.1. The minimum absolute atomic E-state index is 0.101. The number of aryl methyl sites for hydroxylation is 1. The van der Waals surface area contributed by atoms with Gasteiger partial charge < -0.3 is 4.98 Å². The van der Waals surface area contributed by atoms with E-state index in [-0.39, 0.29) is 11.2 Å². The molecule has 0 radical (unpaired) electrons. The molecule has 0 saturated carbocycles. The highest BCUT2D eigenvalue weighted by Gasteiger charge is 2.07. The quantitative estimate of drug-likeness (QED) is 0.705. The molecule has 0 fully saturated rings. The van der Waals surface area contributed by atoms with Crippen molar-refractivity contribution >= 4 is 10.9 Å². The largest absolute Gasteiger partial charge is 0.354 e. The number of hydrogen-bond acceptors (Lipinski definition) is 1. The Morgan fingerprint density at radius 3 is 2.53 bits per heavy atom. The first-order valence-corrected chi connectivity index (χ1v) is 6.04. The fourth-order valence-electron chi connectivity index (χ4n) is 2.15. The first kappa shape index (κ1) is 11.7. The van der Waals surface area contributed by atoms with Crippen LogP contribution in [0.5, 0.6) is 0 Å². The van der Waals surface area contributed by atoms with E-state index in [1.165, 1.54) is 6.07 Å². The predicted molar refractivity (Wildman–Crippen MR) is 74.7 cm³/mol. The molecule has 0 aliphatic heterocycles. The van der Waals surface area contributed by atoms with Crippen molar-refractivity contribution < 1.29 is 4.39 Å². The summed E-state index contributed by atoms with van der Waals surface area (Å²) in [5.74, 6) is -0.312. The molecule has 3 aromatic rings. The molecule has 0 spiro atoms. The van der Waals surface area contributed by atoms with Crippen molar-refractivity contribution in [3.63, 3.8) is 0 Å². The highest BCUT2D eigenvalue weighted by Crippen LogP contribution is 2.20. The molecule has 1 aromatic heterocycles. The Kier molecular flexibility index (Phi) is 2.67. The molecule has 1 N–H and O–H groups in total. The zero-order valence-corrected chi connectivity index (χ0v) is 10.4. The highest BCUT2D eigenvalue weighted by molar-refractivity contribution is 5.82. The summed E-state index contributed by atoms with van der Waals surface area (Å²) in [6.45, 7) is 1.65. The molecule has 2 nitrogen and oxygen atoms in total. The maximum atomic E-state index is 13.6. The average Bonchev–Trinajstić information content (AvgIpc) is 2.42. The third-order valence-corrected chi connectivity index (χ3v) is 3.19. The third kappa shape index (κ3) is 2.03. The Morgan fingerprint density at radius 2 is 1.79 bits per heavy atom. The average molecular weight is 253 g/mol. The van der Waals surface area contributed by atoms with Gasteiger partial charge in [-0.3, -0.25) is 4.79 Å². The van der Waals surface area contributed by atoms with Crippen LogP contribution in [-0.2, 0) is 0 Å². The summed E-state index contributed by atoms with van der Waals surface area (Å²) in [6.07, 6.45) is 0. The van der Waals surface area contributed by atoms with E-state index in [1.54, 1.807) is 19.1 Å². The maximum absolute atomic E-state index is 13.6. The second-order valence-electron chi connectivity index (χ2n) is 4.56. The molecule has 94 valence electrons. The van der Waals surface area contributed by atoms with Crippen LogP contribution in [0.15, 0.2) is 53.3 Å². The van der Waals surface area contributed by atoms with E-state index in [9.17, 15) is 9.18 Å². The van der Waals surface area contributed by atoms with E-state index < -0.39 is 0 Å². The Balaban J connectivity index is 2.31. The number of fused-ring (bicyclic) bond motifs is 1. The summed E-state index contributed by atoms with van der Waals surface area (Å²) in [7, 11) is 0. The summed E-state index contributed by atoms with van der Waals surface area (Å²) in [5.41, 5.74) is 2.50. The van der Waals surface area contributed by atoms with Gasteiger partial charge >= 0.3 is 0 Å². The van der Waals surface area contributed by atoms with Crippen molar-refractivity contribution in [1.82, 2.24) is 4.98 Å². The van der Waals surface area contributed by atoms with Gasteiger partial charge in [0.2, 0.25) is 0 Å². The molecule has 0 atom stereocenters. The van der Waals surface area contributed by atoms with Crippen LogP contribution in [0.4, 0.5) is 4.39 Å². The van der Waals surface area contributed by atoms with Crippen LogP contribution in [-0.4, -0.2) is 4.98 Å².